The molecular formula is C30H21FN4O4S. The number of anilines is 2. The lowest BCUT2D eigenvalue weighted by Gasteiger charge is -2.32. The molecule has 7 rings (SSSR count). The predicted molar refractivity (Wildman–Crippen MR) is 148 cm³/mol. The van der Waals surface area contributed by atoms with Crippen LogP contribution in [-0.4, -0.2) is 22.0 Å². The Labute approximate surface area is 231 Å². The number of carbonyl (C=O) groups is 2. The van der Waals surface area contributed by atoms with E-state index in [4.69, 9.17) is 4.42 Å². The molecule has 0 N–H and O–H groups in total. The number of aryl methyl sites for hydroxylation is 1. The van der Waals surface area contributed by atoms with Crippen LogP contribution in [0.15, 0.2) is 82.0 Å². The van der Waals surface area contributed by atoms with Crippen molar-refractivity contribution in [1.29, 1.82) is 0 Å². The van der Waals surface area contributed by atoms with Crippen molar-refractivity contribution in [2.75, 3.05) is 9.80 Å². The van der Waals surface area contributed by atoms with Gasteiger partial charge in [-0.25, -0.2) is 4.39 Å². The number of carbonyl (C=O) groups excluding carboxylic acids is 2. The molecule has 0 saturated carbocycles. The molecule has 0 bridgehead atoms. The molecule has 40 heavy (non-hydrogen) atoms. The first-order chi connectivity index (χ1) is 19.5. The van der Waals surface area contributed by atoms with Gasteiger partial charge in [0.05, 0.1) is 23.2 Å². The highest BCUT2D eigenvalue weighted by atomic mass is 32.1. The van der Waals surface area contributed by atoms with Crippen LogP contribution in [0.1, 0.15) is 45.6 Å². The summed E-state index contributed by atoms with van der Waals surface area (Å²) < 4.78 is 20.8. The third-order valence-corrected chi connectivity index (χ3v) is 8.40. The molecule has 198 valence electrons. The summed E-state index contributed by atoms with van der Waals surface area (Å²) in [5, 5.41) is 9.67. The fraction of sp³-hybridized carbons (Fsp3) is 0.167. The van der Waals surface area contributed by atoms with Crippen LogP contribution in [0, 0.1) is 5.82 Å². The van der Waals surface area contributed by atoms with Gasteiger partial charge in [-0.2, -0.15) is 0 Å². The van der Waals surface area contributed by atoms with Crippen LogP contribution in [-0.2, 0) is 23.3 Å². The fourth-order valence-corrected chi connectivity index (χ4v) is 6.71. The predicted octanol–water partition coefficient (Wildman–Crippen LogP) is 5.19. The Hall–Kier alpha value is -4.70. The van der Waals surface area contributed by atoms with Crippen molar-refractivity contribution in [2.24, 2.45) is 0 Å². The average Bonchev–Trinajstić information content (AvgIpc) is 3.59. The van der Waals surface area contributed by atoms with E-state index >= 15 is 0 Å². The van der Waals surface area contributed by atoms with Gasteiger partial charge in [0, 0.05) is 17.5 Å². The second-order valence-electron chi connectivity index (χ2n) is 9.71. The molecule has 0 radical (unpaired) electrons. The lowest BCUT2D eigenvalue weighted by atomic mass is 9.84. The molecule has 1 spiro atoms. The Morgan fingerprint density at radius 1 is 0.950 bits per heavy atom. The minimum Gasteiger partial charge on any atom is -0.450 e. The van der Waals surface area contributed by atoms with Crippen molar-refractivity contribution in [1.82, 2.24) is 10.2 Å². The van der Waals surface area contributed by atoms with Gasteiger partial charge in [0.1, 0.15) is 16.4 Å². The number of fused-ring (bicyclic) bond motifs is 5. The van der Waals surface area contributed by atoms with E-state index in [1.54, 1.807) is 66.7 Å². The van der Waals surface area contributed by atoms with Gasteiger partial charge in [0.15, 0.2) is 11.0 Å². The summed E-state index contributed by atoms with van der Waals surface area (Å²) in [5.41, 5.74) is -1.04. The van der Waals surface area contributed by atoms with Crippen LogP contribution in [0.5, 0.6) is 0 Å². The summed E-state index contributed by atoms with van der Waals surface area (Å²) in [5.74, 6) is -1.91. The molecule has 4 heterocycles. The van der Waals surface area contributed by atoms with Gasteiger partial charge in [0.2, 0.25) is 10.9 Å². The summed E-state index contributed by atoms with van der Waals surface area (Å²) in [6.45, 7) is 1.91. The number of halogens is 1. The van der Waals surface area contributed by atoms with Crippen molar-refractivity contribution >= 4 is 44.9 Å². The number of benzene rings is 3. The van der Waals surface area contributed by atoms with Gasteiger partial charge >= 0.3 is 0 Å². The van der Waals surface area contributed by atoms with Crippen molar-refractivity contribution in [3.05, 3.63) is 116 Å². The lowest BCUT2D eigenvalue weighted by molar-refractivity contribution is -0.121. The molecule has 0 fully saturated rings. The Morgan fingerprint density at radius 2 is 1.70 bits per heavy atom. The van der Waals surface area contributed by atoms with Crippen molar-refractivity contribution in [2.45, 2.75) is 31.8 Å². The maximum atomic E-state index is 14.8. The zero-order chi connectivity index (χ0) is 27.6. The number of rotatable bonds is 5. The molecule has 2 aliphatic rings. The maximum absolute atomic E-state index is 14.8. The molecular weight excluding hydrogens is 531 g/mol. The number of aromatic nitrogens is 2. The van der Waals surface area contributed by atoms with E-state index < -0.39 is 28.6 Å². The Morgan fingerprint density at radius 3 is 2.52 bits per heavy atom. The van der Waals surface area contributed by atoms with Crippen LogP contribution in [0.2, 0.25) is 0 Å². The summed E-state index contributed by atoms with van der Waals surface area (Å²) in [6, 6.07) is 19.8. The van der Waals surface area contributed by atoms with Crippen molar-refractivity contribution < 1.29 is 18.4 Å². The molecule has 2 amide bonds. The van der Waals surface area contributed by atoms with Gasteiger partial charge < -0.3 is 9.32 Å². The van der Waals surface area contributed by atoms with E-state index in [0.717, 1.165) is 6.42 Å². The van der Waals surface area contributed by atoms with Crippen LogP contribution in [0.4, 0.5) is 15.2 Å². The Balaban J connectivity index is 1.54. The van der Waals surface area contributed by atoms with Gasteiger partial charge in [-0.3, -0.25) is 19.3 Å². The monoisotopic (exact) mass is 552 g/mol. The smallest absolute Gasteiger partial charge is 0.297 e. The summed E-state index contributed by atoms with van der Waals surface area (Å²) >= 11 is 1.19. The molecule has 0 aliphatic carbocycles. The number of hydrogen-bond acceptors (Lipinski definition) is 7. The first kappa shape index (κ1) is 24.3. The quantitative estimate of drug-likeness (QED) is 0.298. The Bertz CT molecular complexity index is 1920. The van der Waals surface area contributed by atoms with Gasteiger partial charge in [-0.15, -0.1) is 10.2 Å². The zero-order valence-electron chi connectivity index (χ0n) is 21.3. The molecule has 3 aromatic carbocycles. The standard InChI is InChI=1S/C30H21FN4O4S/c1-2-9-23-32-33-29(40-23)35-27(37)26-24(25(36)18-11-4-8-15-22(18)39-26)30(35)19-12-5-7-14-21(19)34(28(30)38)16-17-10-3-6-13-20(17)31/h3-8,10-15H,2,9,16H2,1H3. The van der Waals surface area contributed by atoms with E-state index in [0.29, 0.717) is 28.2 Å². The van der Waals surface area contributed by atoms with E-state index in [-0.39, 0.29) is 34.0 Å². The van der Waals surface area contributed by atoms with Gasteiger partial charge in [-0.05, 0) is 30.7 Å². The molecule has 8 nitrogen and oxygen atoms in total. The van der Waals surface area contributed by atoms with E-state index in [2.05, 4.69) is 10.2 Å². The van der Waals surface area contributed by atoms with Crippen LogP contribution >= 0.6 is 11.3 Å². The normalized spacial score (nSPS) is 17.8. The average molecular weight is 553 g/mol. The number of hydrogen-bond donors (Lipinski definition) is 0. The third-order valence-electron chi connectivity index (χ3n) is 7.43. The number of para-hydroxylation sites is 2. The second kappa shape index (κ2) is 8.92. The van der Waals surface area contributed by atoms with Gasteiger partial charge in [0.25, 0.3) is 11.8 Å². The summed E-state index contributed by atoms with van der Waals surface area (Å²) in [7, 11) is 0. The number of amides is 2. The van der Waals surface area contributed by atoms with E-state index in [1.165, 1.54) is 27.2 Å². The SMILES string of the molecule is CCCc1nnc(N2C(=O)c3oc4ccccc4c(=O)c3C23C(=O)N(Cc2ccccc2F)c2ccccc23)s1. The molecule has 0 saturated heterocycles. The maximum Gasteiger partial charge on any atom is 0.297 e. The van der Waals surface area contributed by atoms with Crippen LogP contribution in [0.3, 0.4) is 0 Å². The van der Waals surface area contributed by atoms with E-state index in [1.807, 2.05) is 6.92 Å². The zero-order valence-corrected chi connectivity index (χ0v) is 22.1. The largest absolute Gasteiger partial charge is 0.450 e. The lowest BCUT2D eigenvalue weighted by Crippen LogP contribution is -2.53. The molecule has 2 aromatic heterocycles. The summed E-state index contributed by atoms with van der Waals surface area (Å²) in [4.78, 5) is 45.9. The number of nitrogens with zero attached hydrogens (tertiary/aromatic N) is 4. The van der Waals surface area contributed by atoms with E-state index in [9.17, 15) is 18.8 Å². The summed E-state index contributed by atoms with van der Waals surface area (Å²) in [6.07, 6.45) is 1.46. The highest BCUT2D eigenvalue weighted by Gasteiger charge is 2.66. The minimum absolute atomic E-state index is 0.0723. The van der Waals surface area contributed by atoms with Crippen LogP contribution in [0.25, 0.3) is 11.0 Å². The second-order valence-corrected chi connectivity index (χ2v) is 10.8. The Kier molecular flexibility index (Phi) is 5.43. The van der Waals surface area contributed by atoms with Crippen LogP contribution < -0.4 is 15.2 Å². The minimum atomic E-state index is -1.90. The molecule has 2 aliphatic heterocycles. The first-order valence-electron chi connectivity index (χ1n) is 12.8. The topological polar surface area (TPSA) is 96.6 Å². The van der Waals surface area contributed by atoms with Crippen molar-refractivity contribution in [3.8, 4) is 0 Å². The highest BCUT2D eigenvalue weighted by molar-refractivity contribution is 7.15. The van der Waals surface area contributed by atoms with Crippen molar-refractivity contribution in [3.63, 3.8) is 0 Å². The molecule has 1 unspecified atom stereocenters. The van der Waals surface area contributed by atoms with Gasteiger partial charge in [-0.1, -0.05) is 66.8 Å². The molecule has 10 heteroatoms. The highest BCUT2D eigenvalue weighted by Crippen LogP contribution is 2.54. The molecule has 1 atom stereocenters. The first-order valence-corrected chi connectivity index (χ1v) is 13.7. The fourth-order valence-electron chi connectivity index (χ4n) is 5.71. The molecule has 5 aromatic rings. The third kappa shape index (κ3) is 3.19.